The summed E-state index contributed by atoms with van der Waals surface area (Å²) < 4.78 is 27.6. The molecule has 0 spiro atoms. The molecule has 0 amide bonds. The van der Waals surface area contributed by atoms with E-state index < -0.39 is 10.0 Å². The number of nitrogens with one attached hydrogen (secondary N) is 1. The van der Waals surface area contributed by atoms with Crippen molar-refractivity contribution in [3.63, 3.8) is 0 Å². The number of hydrogen-bond donors (Lipinski definition) is 2. The van der Waals surface area contributed by atoms with Gasteiger partial charge in [-0.2, -0.15) is 0 Å². The number of halogens is 1. The molecule has 0 heterocycles. The number of rotatable bonds is 5. The van der Waals surface area contributed by atoms with Crippen LogP contribution in [0.2, 0.25) is 0 Å². The molecule has 2 rings (SSSR count). The normalized spacial score (nSPS) is 11.3. The largest absolute Gasteiger partial charge is 0.389 e. The minimum absolute atomic E-state index is 0.167. The van der Waals surface area contributed by atoms with Crippen LogP contribution in [-0.2, 0) is 16.6 Å². The lowest BCUT2D eigenvalue weighted by Crippen LogP contribution is -2.23. The molecule has 4 nitrogen and oxygen atoms in total. The maximum atomic E-state index is 12.3. The van der Waals surface area contributed by atoms with Crippen LogP contribution < -0.4 is 10.5 Å². The van der Waals surface area contributed by atoms with E-state index in [1.165, 1.54) is 6.07 Å². The first-order chi connectivity index (χ1) is 9.90. The SMILES string of the molecule is NC(=S)c1cccc(CNS(=O)(=O)c2ccccc2Br)c1. The van der Waals surface area contributed by atoms with Crippen LogP contribution in [0.3, 0.4) is 0 Å². The van der Waals surface area contributed by atoms with E-state index in [4.69, 9.17) is 18.0 Å². The lowest BCUT2D eigenvalue weighted by Gasteiger charge is -2.09. The minimum Gasteiger partial charge on any atom is -0.389 e. The molecule has 0 radical (unpaired) electrons. The zero-order valence-corrected chi connectivity index (χ0v) is 14.1. The van der Waals surface area contributed by atoms with Crippen molar-refractivity contribution in [3.8, 4) is 0 Å². The van der Waals surface area contributed by atoms with E-state index in [0.717, 1.165) is 5.56 Å². The first-order valence-corrected chi connectivity index (χ1v) is 8.71. The van der Waals surface area contributed by atoms with Gasteiger partial charge in [-0.1, -0.05) is 42.5 Å². The smallest absolute Gasteiger partial charge is 0.241 e. The Hall–Kier alpha value is -1.28. The molecule has 2 aromatic carbocycles. The van der Waals surface area contributed by atoms with Crippen molar-refractivity contribution < 1.29 is 8.42 Å². The molecular formula is C14H13BrN2O2S2. The summed E-state index contributed by atoms with van der Waals surface area (Å²) in [5.41, 5.74) is 7.06. The number of hydrogen-bond acceptors (Lipinski definition) is 3. The number of sulfonamides is 1. The van der Waals surface area contributed by atoms with Crippen LogP contribution in [0.1, 0.15) is 11.1 Å². The first kappa shape index (κ1) is 16.1. The number of benzene rings is 2. The zero-order chi connectivity index (χ0) is 15.5. The minimum atomic E-state index is -3.58. The molecule has 0 fully saturated rings. The van der Waals surface area contributed by atoms with E-state index in [1.807, 2.05) is 6.07 Å². The highest BCUT2D eigenvalue weighted by Gasteiger charge is 2.16. The van der Waals surface area contributed by atoms with Gasteiger partial charge in [0.25, 0.3) is 0 Å². The van der Waals surface area contributed by atoms with Gasteiger partial charge in [-0.3, -0.25) is 0 Å². The molecule has 3 N–H and O–H groups in total. The number of thiocarbonyl (C=S) groups is 1. The second-order valence-corrected chi connectivity index (χ2v) is 7.35. The Balaban J connectivity index is 2.18. The number of nitrogens with two attached hydrogens (primary N) is 1. The van der Waals surface area contributed by atoms with Crippen LogP contribution in [0.25, 0.3) is 0 Å². The monoisotopic (exact) mass is 384 g/mol. The average Bonchev–Trinajstić information content (AvgIpc) is 2.46. The molecule has 0 bridgehead atoms. The third-order valence-corrected chi connectivity index (χ3v) is 5.45. The van der Waals surface area contributed by atoms with Gasteiger partial charge < -0.3 is 5.73 Å². The maximum Gasteiger partial charge on any atom is 0.241 e. The quantitative estimate of drug-likeness (QED) is 0.776. The summed E-state index contributed by atoms with van der Waals surface area (Å²) in [6.45, 7) is 0.167. The Bertz CT molecular complexity index is 776. The van der Waals surface area contributed by atoms with Crippen LogP contribution in [0.15, 0.2) is 57.9 Å². The molecule has 0 aliphatic rings. The van der Waals surface area contributed by atoms with Crippen molar-refractivity contribution in [2.24, 2.45) is 5.73 Å². The molecule has 110 valence electrons. The summed E-state index contributed by atoms with van der Waals surface area (Å²) in [7, 11) is -3.58. The molecule has 0 aliphatic heterocycles. The standard InChI is InChI=1S/C14H13BrN2O2S2/c15-12-6-1-2-7-13(12)21(18,19)17-9-10-4-3-5-11(8-10)14(16)20/h1-8,17H,9H2,(H2,16,20). The molecule has 2 aromatic rings. The fraction of sp³-hybridized carbons (Fsp3) is 0.0714. The van der Waals surface area contributed by atoms with Gasteiger partial charge in [0.2, 0.25) is 10.0 Å². The van der Waals surface area contributed by atoms with Gasteiger partial charge in [-0.15, -0.1) is 0 Å². The van der Waals surface area contributed by atoms with Crippen LogP contribution in [0, 0.1) is 0 Å². The fourth-order valence-electron chi connectivity index (χ4n) is 1.75. The lowest BCUT2D eigenvalue weighted by atomic mass is 10.1. The summed E-state index contributed by atoms with van der Waals surface area (Å²) in [6.07, 6.45) is 0. The topological polar surface area (TPSA) is 72.2 Å². The van der Waals surface area contributed by atoms with Gasteiger partial charge >= 0.3 is 0 Å². The second-order valence-electron chi connectivity index (χ2n) is 4.32. The molecule has 7 heteroatoms. The van der Waals surface area contributed by atoms with Crippen LogP contribution in [0.4, 0.5) is 0 Å². The summed E-state index contributed by atoms with van der Waals surface area (Å²) in [4.78, 5) is 0.487. The van der Waals surface area contributed by atoms with E-state index in [9.17, 15) is 8.42 Å². The van der Waals surface area contributed by atoms with E-state index >= 15 is 0 Å². The van der Waals surface area contributed by atoms with Crippen LogP contribution in [0.5, 0.6) is 0 Å². The van der Waals surface area contributed by atoms with Gasteiger partial charge in [-0.05, 0) is 39.7 Å². The average molecular weight is 385 g/mol. The predicted molar refractivity (Wildman–Crippen MR) is 90.5 cm³/mol. The van der Waals surface area contributed by atoms with Crippen molar-refractivity contribution in [2.75, 3.05) is 0 Å². The Kier molecular flexibility index (Phi) is 5.10. The Labute approximate surface area is 137 Å². The Morgan fingerprint density at radius 3 is 2.57 bits per heavy atom. The van der Waals surface area contributed by atoms with Crippen molar-refractivity contribution in [3.05, 3.63) is 64.1 Å². The third kappa shape index (κ3) is 4.10. The van der Waals surface area contributed by atoms with Gasteiger partial charge in [0.15, 0.2) is 0 Å². The van der Waals surface area contributed by atoms with E-state index in [0.29, 0.717) is 10.0 Å². The molecular weight excluding hydrogens is 372 g/mol. The highest BCUT2D eigenvalue weighted by Crippen LogP contribution is 2.21. The fourth-order valence-corrected chi connectivity index (χ4v) is 3.90. The molecule has 21 heavy (non-hydrogen) atoms. The van der Waals surface area contributed by atoms with E-state index in [1.54, 1.807) is 36.4 Å². The van der Waals surface area contributed by atoms with Gasteiger partial charge in [0.05, 0.1) is 4.90 Å². The second kappa shape index (κ2) is 6.65. The van der Waals surface area contributed by atoms with E-state index in [2.05, 4.69) is 20.7 Å². The third-order valence-electron chi connectivity index (χ3n) is 2.80. The van der Waals surface area contributed by atoms with Crippen molar-refractivity contribution in [1.29, 1.82) is 0 Å². The van der Waals surface area contributed by atoms with Crippen molar-refractivity contribution >= 4 is 43.2 Å². The molecule has 0 unspecified atom stereocenters. The molecule has 0 aromatic heterocycles. The zero-order valence-electron chi connectivity index (χ0n) is 10.9. The van der Waals surface area contributed by atoms with Crippen LogP contribution >= 0.6 is 28.1 Å². The van der Waals surface area contributed by atoms with Crippen molar-refractivity contribution in [2.45, 2.75) is 11.4 Å². The predicted octanol–water partition coefficient (Wildman–Crippen LogP) is 2.56. The Morgan fingerprint density at radius 2 is 1.90 bits per heavy atom. The highest BCUT2D eigenvalue weighted by molar-refractivity contribution is 9.10. The van der Waals surface area contributed by atoms with Gasteiger partial charge in [-0.25, -0.2) is 13.1 Å². The van der Waals surface area contributed by atoms with E-state index in [-0.39, 0.29) is 16.4 Å². The Morgan fingerprint density at radius 1 is 1.19 bits per heavy atom. The lowest BCUT2D eigenvalue weighted by molar-refractivity contribution is 0.581. The summed E-state index contributed by atoms with van der Waals surface area (Å²) in [6, 6.07) is 13.8. The highest BCUT2D eigenvalue weighted by atomic mass is 79.9. The summed E-state index contributed by atoms with van der Waals surface area (Å²) in [5.74, 6) is 0. The maximum absolute atomic E-state index is 12.3. The molecule has 0 aliphatic carbocycles. The molecule has 0 saturated carbocycles. The molecule has 0 saturated heterocycles. The van der Waals surface area contributed by atoms with Gasteiger partial charge in [0, 0.05) is 16.6 Å². The van der Waals surface area contributed by atoms with Gasteiger partial charge in [0.1, 0.15) is 4.99 Å². The molecule has 0 atom stereocenters. The van der Waals surface area contributed by atoms with Crippen molar-refractivity contribution in [1.82, 2.24) is 4.72 Å². The summed E-state index contributed by atoms with van der Waals surface area (Å²) >= 11 is 8.14. The first-order valence-electron chi connectivity index (χ1n) is 6.03. The van der Waals surface area contributed by atoms with Crippen LogP contribution in [-0.4, -0.2) is 13.4 Å². The summed E-state index contributed by atoms with van der Waals surface area (Å²) in [5, 5.41) is 0.